The first-order chi connectivity index (χ1) is 14.0. The van der Waals surface area contributed by atoms with Gasteiger partial charge in [0.15, 0.2) is 0 Å². The largest absolute Gasteiger partial charge is 0.497 e. The molecule has 6 heteroatoms. The topological polar surface area (TPSA) is 80.3 Å². The molecular weight excluding hydrogens is 366 g/mol. The maximum absolute atomic E-state index is 12.6. The van der Waals surface area contributed by atoms with Crippen molar-refractivity contribution in [1.29, 1.82) is 0 Å². The molecule has 1 fully saturated rings. The Labute approximate surface area is 169 Å². The normalized spacial score (nSPS) is 14.3. The second-order valence-corrected chi connectivity index (χ2v) is 7.34. The SMILES string of the molecule is COc1ccc2nc(C(=O)NC(C)c3ccc(NC(=O)C4CC4)cc3)ccc2c1. The average Bonchev–Trinajstić information content (AvgIpc) is 3.59. The highest BCUT2D eigenvalue weighted by Crippen LogP contribution is 2.30. The van der Waals surface area contributed by atoms with Gasteiger partial charge >= 0.3 is 0 Å². The number of fused-ring (bicyclic) bond motifs is 1. The molecule has 3 aromatic rings. The molecule has 2 amide bonds. The zero-order valence-electron chi connectivity index (χ0n) is 16.4. The Hall–Kier alpha value is -3.41. The number of amides is 2. The second kappa shape index (κ2) is 7.91. The molecular formula is C23H23N3O3. The molecule has 0 saturated heterocycles. The number of benzene rings is 2. The van der Waals surface area contributed by atoms with E-state index < -0.39 is 0 Å². The maximum atomic E-state index is 12.6. The van der Waals surface area contributed by atoms with Gasteiger partial charge in [0.1, 0.15) is 11.4 Å². The van der Waals surface area contributed by atoms with Gasteiger partial charge in [0.2, 0.25) is 5.91 Å². The summed E-state index contributed by atoms with van der Waals surface area (Å²) >= 11 is 0. The minimum absolute atomic E-state index is 0.0825. The van der Waals surface area contributed by atoms with E-state index in [9.17, 15) is 9.59 Å². The van der Waals surface area contributed by atoms with Crippen molar-refractivity contribution in [3.63, 3.8) is 0 Å². The molecule has 1 aromatic heterocycles. The van der Waals surface area contributed by atoms with Crippen molar-refractivity contribution in [3.8, 4) is 5.75 Å². The predicted molar refractivity (Wildman–Crippen MR) is 112 cm³/mol. The Bertz CT molecular complexity index is 1060. The van der Waals surface area contributed by atoms with Gasteiger partial charge < -0.3 is 15.4 Å². The lowest BCUT2D eigenvalue weighted by Gasteiger charge is -2.15. The molecule has 2 aromatic carbocycles. The van der Waals surface area contributed by atoms with Crippen molar-refractivity contribution in [3.05, 3.63) is 65.9 Å². The molecule has 1 unspecified atom stereocenters. The van der Waals surface area contributed by atoms with E-state index in [0.29, 0.717) is 5.69 Å². The number of methoxy groups -OCH3 is 1. The van der Waals surface area contributed by atoms with Crippen LogP contribution in [0.25, 0.3) is 10.9 Å². The van der Waals surface area contributed by atoms with Crippen LogP contribution < -0.4 is 15.4 Å². The van der Waals surface area contributed by atoms with E-state index in [1.807, 2.05) is 55.5 Å². The summed E-state index contributed by atoms with van der Waals surface area (Å²) in [6, 6.07) is 16.5. The van der Waals surface area contributed by atoms with Crippen LogP contribution in [0.4, 0.5) is 5.69 Å². The van der Waals surface area contributed by atoms with Crippen molar-refractivity contribution in [2.75, 3.05) is 12.4 Å². The molecule has 0 spiro atoms. The van der Waals surface area contributed by atoms with Gasteiger partial charge in [-0.3, -0.25) is 9.59 Å². The molecule has 4 rings (SSSR count). The minimum atomic E-state index is -0.235. The first kappa shape index (κ1) is 18.9. The van der Waals surface area contributed by atoms with Crippen LogP contribution in [-0.4, -0.2) is 23.9 Å². The quantitative estimate of drug-likeness (QED) is 0.666. The summed E-state index contributed by atoms with van der Waals surface area (Å²) < 4.78 is 5.22. The lowest BCUT2D eigenvalue weighted by atomic mass is 10.1. The third-order valence-electron chi connectivity index (χ3n) is 5.10. The number of ether oxygens (including phenoxy) is 1. The van der Waals surface area contributed by atoms with Crippen molar-refractivity contribution >= 4 is 28.4 Å². The molecule has 1 heterocycles. The highest BCUT2D eigenvalue weighted by atomic mass is 16.5. The number of carbonyl (C=O) groups is 2. The third kappa shape index (κ3) is 4.37. The van der Waals surface area contributed by atoms with Gasteiger partial charge in [0, 0.05) is 17.0 Å². The van der Waals surface area contributed by atoms with E-state index in [-0.39, 0.29) is 23.8 Å². The highest BCUT2D eigenvalue weighted by Gasteiger charge is 2.29. The van der Waals surface area contributed by atoms with Gasteiger partial charge in [-0.2, -0.15) is 0 Å². The third-order valence-corrected chi connectivity index (χ3v) is 5.10. The number of carbonyl (C=O) groups excluding carboxylic acids is 2. The van der Waals surface area contributed by atoms with Crippen LogP contribution >= 0.6 is 0 Å². The Balaban J connectivity index is 1.42. The van der Waals surface area contributed by atoms with E-state index in [0.717, 1.165) is 40.7 Å². The molecule has 0 aliphatic heterocycles. The number of aromatic nitrogens is 1. The summed E-state index contributed by atoms with van der Waals surface area (Å²) in [5.74, 6) is 0.769. The van der Waals surface area contributed by atoms with Crippen LogP contribution in [0.2, 0.25) is 0 Å². The number of hydrogen-bond donors (Lipinski definition) is 2. The van der Waals surface area contributed by atoms with Crippen LogP contribution in [0, 0.1) is 5.92 Å². The number of pyridine rings is 1. The lowest BCUT2D eigenvalue weighted by Crippen LogP contribution is -2.27. The molecule has 148 valence electrons. The van der Waals surface area contributed by atoms with Crippen LogP contribution in [0.5, 0.6) is 5.75 Å². The molecule has 1 aliphatic rings. The standard InChI is InChI=1S/C23H23N3O3/c1-14(15-5-8-18(9-6-15)25-22(27)16-3-4-16)24-23(28)21-11-7-17-13-19(29-2)10-12-20(17)26-21/h5-14,16H,3-4H2,1-2H3,(H,24,28)(H,25,27). The smallest absolute Gasteiger partial charge is 0.270 e. The van der Waals surface area contributed by atoms with Gasteiger partial charge in [-0.15, -0.1) is 0 Å². The molecule has 0 radical (unpaired) electrons. The van der Waals surface area contributed by atoms with Crippen LogP contribution in [0.3, 0.4) is 0 Å². The Kier molecular flexibility index (Phi) is 5.16. The van der Waals surface area contributed by atoms with E-state index in [4.69, 9.17) is 4.74 Å². The van der Waals surface area contributed by atoms with E-state index in [1.54, 1.807) is 13.2 Å². The van der Waals surface area contributed by atoms with Gasteiger partial charge in [-0.1, -0.05) is 18.2 Å². The first-order valence-electron chi connectivity index (χ1n) is 9.70. The van der Waals surface area contributed by atoms with Crippen molar-refractivity contribution in [1.82, 2.24) is 10.3 Å². The van der Waals surface area contributed by atoms with Crippen molar-refractivity contribution in [2.24, 2.45) is 5.92 Å². The average molecular weight is 389 g/mol. The summed E-state index contributed by atoms with van der Waals surface area (Å²) in [4.78, 5) is 28.9. The summed E-state index contributed by atoms with van der Waals surface area (Å²) in [5, 5.41) is 6.81. The van der Waals surface area contributed by atoms with Gasteiger partial charge in [0.25, 0.3) is 5.91 Å². The Morgan fingerprint density at radius 1 is 1.07 bits per heavy atom. The van der Waals surface area contributed by atoms with E-state index in [1.165, 1.54) is 0 Å². The minimum Gasteiger partial charge on any atom is -0.497 e. The van der Waals surface area contributed by atoms with Crippen molar-refractivity contribution < 1.29 is 14.3 Å². The number of anilines is 1. The predicted octanol–water partition coefficient (Wildman–Crippen LogP) is 4.08. The molecule has 6 nitrogen and oxygen atoms in total. The molecule has 1 saturated carbocycles. The molecule has 29 heavy (non-hydrogen) atoms. The monoisotopic (exact) mass is 389 g/mol. The lowest BCUT2D eigenvalue weighted by molar-refractivity contribution is -0.117. The number of nitrogens with zero attached hydrogens (tertiary/aromatic N) is 1. The number of rotatable bonds is 6. The Morgan fingerprint density at radius 2 is 1.83 bits per heavy atom. The molecule has 0 bridgehead atoms. The second-order valence-electron chi connectivity index (χ2n) is 7.34. The first-order valence-corrected chi connectivity index (χ1v) is 9.70. The van der Waals surface area contributed by atoms with E-state index >= 15 is 0 Å². The van der Waals surface area contributed by atoms with Crippen LogP contribution in [0.15, 0.2) is 54.6 Å². The van der Waals surface area contributed by atoms with Gasteiger partial charge in [-0.05, 0) is 61.7 Å². The summed E-state index contributed by atoms with van der Waals surface area (Å²) in [7, 11) is 1.62. The maximum Gasteiger partial charge on any atom is 0.270 e. The summed E-state index contributed by atoms with van der Waals surface area (Å²) in [5.41, 5.74) is 2.83. The molecule has 2 N–H and O–H groups in total. The number of nitrogens with one attached hydrogen (secondary N) is 2. The zero-order chi connectivity index (χ0) is 20.4. The fourth-order valence-corrected chi connectivity index (χ4v) is 3.16. The van der Waals surface area contributed by atoms with Gasteiger partial charge in [0.05, 0.1) is 18.7 Å². The zero-order valence-corrected chi connectivity index (χ0v) is 16.4. The van der Waals surface area contributed by atoms with Gasteiger partial charge in [-0.25, -0.2) is 4.98 Å². The fraction of sp³-hybridized carbons (Fsp3) is 0.261. The fourth-order valence-electron chi connectivity index (χ4n) is 3.16. The number of hydrogen-bond acceptors (Lipinski definition) is 4. The van der Waals surface area contributed by atoms with Crippen LogP contribution in [0.1, 0.15) is 41.9 Å². The van der Waals surface area contributed by atoms with Crippen molar-refractivity contribution in [2.45, 2.75) is 25.8 Å². The Morgan fingerprint density at radius 3 is 2.52 bits per heavy atom. The highest BCUT2D eigenvalue weighted by molar-refractivity contribution is 5.95. The summed E-state index contributed by atoms with van der Waals surface area (Å²) in [6.45, 7) is 1.92. The summed E-state index contributed by atoms with van der Waals surface area (Å²) in [6.07, 6.45) is 1.95. The van der Waals surface area contributed by atoms with Crippen LogP contribution in [-0.2, 0) is 4.79 Å². The molecule has 1 aliphatic carbocycles. The molecule has 1 atom stereocenters. The van der Waals surface area contributed by atoms with E-state index in [2.05, 4.69) is 15.6 Å².